The van der Waals surface area contributed by atoms with Crippen molar-refractivity contribution in [1.82, 2.24) is 0 Å². The van der Waals surface area contributed by atoms with Gasteiger partial charge in [-0.3, -0.25) is 0 Å². The van der Waals surface area contributed by atoms with Gasteiger partial charge in [0.15, 0.2) is 0 Å². The van der Waals surface area contributed by atoms with Gasteiger partial charge >= 0.3 is 11.9 Å². The molecule has 0 amide bonds. The molecule has 30 heavy (non-hydrogen) atoms. The maximum Gasteiger partial charge on any atom is 0.335 e. The van der Waals surface area contributed by atoms with Gasteiger partial charge in [0, 0.05) is 11.1 Å². The first-order valence-corrected chi connectivity index (χ1v) is 9.58. The number of carbonyl (C=O) groups is 2. The lowest BCUT2D eigenvalue weighted by atomic mass is 9.96. The van der Waals surface area contributed by atoms with E-state index in [1.165, 1.54) is 24.3 Å². The molecule has 0 heterocycles. The van der Waals surface area contributed by atoms with Gasteiger partial charge in [0.1, 0.15) is 11.5 Å². The second kappa shape index (κ2) is 9.13. The zero-order chi connectivity index (χ0) is 21.7. The second-order valence-electron chi connectivity index (χ2n) is 6.83. The lowest BCUT2D eigenvalue weighted by Crippen LogP contribution is -2.00. The summed E-state index contributed by atoms with van der Waals surface area (Å²) in [5.41, 5.74) is 2.87. The summed E-state index contributed by atoms with van der Waals surface area (Å²) in [6, 6.07) is 15.9. The standard InChI is InChI=1S/C24H22O6/c1-2-3-12-30-22-14-19(15-4-8-17(9-5-15)23(26)27)21(25)13-20(22)16-6-10-18(11-7-16)24(28)29/h4-11,13-14,25H,2-3,12H2,1H3,(H,26,27)(H,28,29). The minimum atomic E-state index is -1.02. The summed E-state index contributed by atoms with van der Waals surface area (Å²) >= 11 is 0. The summed E-state index contributed by atoms with van der Waals surface area (Å²) in [6.45, 7) is 2.56. The predicted octanol–water partition coefficient (Wildman–Crippen LogP) is 5.30. The molecule has 0 aliphatic rings. The van der Waals surface area contributed by atoms with Gasteiger partial charge in [-0.05, 0) is 53.9 Å². The van der Waals surface area contributed by atoms with E-state index < -0.39 is 11.9 Å². The average molecular weight is 406 g/mol. The SMILES string of the molecule is CCCCOc1cc(-c2ccc(C(=O)O)cc2)c(O)cc1-c1ccc(C(=O)O)cc1. The molecule has 0 fully saturated rings. The van der Waals surface area contributed by atoms with Crippen molar-refractivity contribution >= 4 is 11.9 Å². The topological polar surface area (TPSA) is 104 Å². The summed E-state index contributed by atoms with van der Waals surface area (Å²) in [5.74, 6) is -1.46. The van der Waals surface area contributed by atoms with Gasteiger partial charge in [-0.15, -0.1) is 0 Å². The van der Waals surface area contributed by atoms with Gasteiger partial charge < -0.3 is 20.1 Å². The van der Waals surface area contributed by atoms with Crippen LogP contribution in [-0.4, -0.2) is 33.9 Å². The van der Waals surface area contributed by atoms with Gasteiger partial charge in [-0.2, -0.15) is 0 Å². The molecule has 0 saturated carbocycles. The third-order valence-corrected chi connectivity index (χ3v) is 4.74. The van der Waals surface area contributed by atoms with E-state index in [4.69, 9.17) is 14.9 Å². The van der Waals surface area contributed by atoms with Gasteiger partial charge in [-0.25, -0.2) is 9.59 Å². The molecule has 3 rings (SSSR count). The van der Waals surface area contributed by atoms with Crippen molar-refractivity contribution in [2.75, 3.05) is 6.61 Å². The first kappa shape index (κ1) is 20.9. The minimum Gasteiger partial charge on any atom is -0.507 e. The van der Waals surface area contributed by atoms with E-state index in [1.54, 1.807) is 36.4 Å². The number of rotatable bonds is 8. The second-order valence-corrected chi connectivity index (χ2v) is 6.83. The van der Waals surface area contributed by atoms with E-state index in [2.05, 4.69) is 6.92 Å². The molecular weight excluding hydrogens is 384 g/mol. The molecule has 0 aliphatic heterocycles. The third kappa shape index (κ3) is 4.60. The number of unbranched alkanes of at least 4 members (excludes halogenated alkanes) is 1. The smallest absolute Gasteiger partial charge is 0.335 e. The van der Waals surface area contributed by atoms with Crippen LogP contribution < -0.4 is 4.74 Å². The summed E-state index contributed by atoms with van der Waals surface area (Å²) in [7, 11) is 0. The Morgan fingerprint density at radius 3 is 1.77 bits per heavy atom. The van der Waals surface area contributed by atoms with Crippen LogP contribution in [0.5, 0.6) is 11.5 Å². The van der Waals surface area contributed by atoms with Crippen LogP contribution >= 0.6 is 0 Å². The summed E-state index contributed by atoms with van der Waals surface area (Å²) in [6.07, 6.45) is 1.82. The lowest BCUT2D eigenvalue weighted by Gasteiger charge is -2.15. The van der Waals surface area contributed by atoms with Gasteiger partial charge in [0.05, 0.1) is 17.7 Å². The molecule has 0 atom stereocenters. The van der Waals surface area contributed by atoms with Crippen LogP contribution in [0.25, 0.3) is 22.3 Å². The fourth-order valence-corrected chi connectivity index (χ4v) is 3.06. The molecule has 3 N–H and O–H groups in total. The predicted molar refractivity (Wildman–Crippen MR) is 113 cm³/mol. The number of phenolic OH excluding ortho intramolecular Hbond substituents is 1. The van der Waals surface area contributed by atoms with Gasteiger partial charge in [0.2, 0.25) is 0 Å². The van der Waals surface area contributed by atoms with Crippen LogP contribution in [0.3, 0.4) is 0 Å². The normalized spacial score (nSPS) is 10.6. The van der Waals surface area contributed by atoms with E-state index in [0.717, 1.165) is 18.4 Å². The van der Waals surface area contributed by atoms with Crippen LogP contribution in [0.1, 0.15) is 40.5 Å². The zero-order valence-corrected chi connectivity index (χ0v) is 16.5. The first-order valence-electron chi connectivity index (χ1n) is 9.58. The molecule has 6 heteroatoms. The van der Waals surface area contributed by atoms with Crippen LogP contribution in [-0.2, 0) is 0 Å². The molecule has 0 aliphatic carbocycles. The highest BCUT2D eigenvalue weighted by Gasteiger charge is 2.15. The molecular formula is C24H22O6. The molecule has 0 spiro atoms. The van der Waals surface area contributed by atoms with Crippen molar-refractivity contribution in [2.45, 2.75) is 19.8 Å². The Morgan fingerprint density at radius 1 is 0.800 bits per heavy atom. The van der Waals surface area contributed by atoms with E-state index >= 15 is 0 Å². The number of phenols is 1. The highest BCUT2D eigenvalue weighted by atomic mass is 16.5. The lowest BCUT2D eigenvalue weighted by molar-refractivity contribution is 0.0686. The summed E-state index contributed by atoms with van der Waals surface area (Å²) in [5, 5.41) is 28.8. The molecule has 3 aromatic rings. The van der Waals surface area contributed by atoms with Gasteiger partial charge in [0.25, 0.3) is 0 Å². The number of hydrogen-bond donors (Lipinski definition) is 3. The van der Waals surface area contributed by atoms with Crippen molar-refractivity contribution in [3.8, 4) is 33.8 Å². The summed E-state index contributed by atoms with van der Waals surface area (Å²) in [4.78, 5) is 22.2. The first-order chi connectivity index (χ1) is 14.4. The Balaban J connectivity index is 2.05. The van der Waals surface area contributed by atoms with Crippen LogP contribution in [0.2, 0.25) is 0 Å². The van der Waals surface area contributed by atoms with Crippen LogP contribution in [0.15, 0.2) is 60.7 Å². The Labute approximate surface area is 174 Å². The van der Waals surface area contributed by atoms with E-state index in [9.17, 15) is 14.7 Å². The van der Waals surface area contributed by atoms with Crippen molar-refractivity contribution in [3.05, 3.63) is 71.8 Å². The molecule has 0 bridgehead atoms. The van der Waals surface area contributed by atoms with Crippen molar-refractivity contribution in [1.29, 1.82) is 0 Å². The number of carboxylic acids is 2. The van der Waals surface area contributed by atoms with E-state index in [-0.39, 0.29) is 16.9 Å². The molecule has 0 radical (unpaired) electrons. The van der Waals surface area contributed by atoms with Crippen molar-refractivity contribution in [3.63, 3.8) is 0 Å². The third-order valence-electron chi connectivity index (χ3n) is 4.74. The van der Waals surface area contributed by atoms with Crippen molar-refractivity contribution < 1.29 is 29.6 Å². The summed E-state index contributed by atoms with van der Waals surface area (Å²) < 4.78 is 5.97. The van der Waals surface area contributed by atoms with E-state index in [0.29, 0.717) is 29.0 Å². The van der Waals surface area contributed by atoms with Crippen LogP contribution in [0.4, 0.5) is 0 Å². The van der Waals surface area contributed by atoms with E-state index in [1.807, 2.05) is 0 Å². The molecule has 0 saturated heterocycles. The number of ether oxygens (including phenoxy) is 1. The monoisotopic (exact) mass is 406 g/mol. The highest BCUT2D eigenvalue weighted by Crippen LogP contribution is 2.40. The number of aromatic hydroxyl groups is 1. The van der Waals surface area contributed by atoms with Gasteiger partial charge in [-0.1, -0.05) is 37.6 Å². The van der Waals surface area contributed by atoms with Crippen LogP contribution in [0, 0.1) is 0 Å². The number of hydrogen-bond acceptors (Lipinski definition) is 4. The Hall–Kier alpha value is -3.80. The molecule has 0 unspecified atom stereocenters. The number of aromatic carboxylic acids is 2. The zero-order valence-electron chi connectivity index (χ0n) is 16.5. The quantitative estimate of drug-likeness (QED) is 0.439. The fourth-order valence-electron chi connectivity index (χ4n) is 3.06. The molecule has 3 aromatic carbocycles. The largest absolute Gasteiger partial charge is 0.507 e. The average Bonchev–Trinajstić information content (AvgIpc) is 2.75. The maximum atomic E-state index is 11.1. The number of carboxylic acid groups (broad SMARTS) is 2. The minimum absolute atomic E-state index is 0.0122. The highest BCUT2D eigenvalue weighted by molar-refractivity contribution is 5.90. The number of benzene rings is 3. The Kier molecular flexibility index (Phi) is 6.37. The maximum absolute atomic E-state index is 11.1. The molecule has 154 valence electrons. The molecule has 6 nitrogen and oxygen atoms in total. The Morgan fingerprint density at radius 2 is 1.30 bits per heavy atom. The van der Waals surface area contributed by atoms with Crippen molar-refractivity contribution in [2.24, 2.45) is 0 Å². The molecule has 0 aromatic heterocycles. The fraction of sp³-hybridized carbons (Fsp3) is 0.167. The Bertz CT molecular complexity index is 1050.